The first-order chi connectivity index (χ1) is 12.9. The summed E-state index contributed by atoms with van der Waals surface area (Å²) in [5.74, 6) is 0.579. The van der Waals surface area contributed by atoms with Crippen molar-refractivity contribution in [3.63, 3.8) is 0 Å². The summed E-state index contributed by atoms with van der Waals surface area (Å²) in [6, 6.07) is 11.0. The van der Waals surface area contributed by atoms with Crippen molar-refractivity contribution in [2.24, 2.45) is 5.41 Å². The monoisotopic (exact) mass is 388 g/mol. The summed E-state index contributed by atoms with van der Waals surface area (Å²) in [6.07, 6.45) is 9.54. The molecule has 4 rings (SSSR count). The number of imidazole rings is 1. The molecule has 0 amide bonds. The molecule has 1 spiro atoms. The molecule has 2 aliphatic rings. The van der Waals surface area contributed by atoms with Crippen LogP contribution in [0.3, 0.4) is 0 Å². The van der Waals surface area contributed by atoms with E-state index in [1.54, 1.807) is 26.5 Å². The van der Waals surface area contributed by atoms with Crippen LogP contribution in [0.5, 0.6) is 0 Å². The van der Waals surface area contributed by atoms with E-state index in [1.807, 2.05) is 0 Å². The van der Waals surface area contributed by atoms with Gasteiger partial charge in [0.25, 0.3) is 0 Å². The zero-order valence-electron chi connectivity index (χ0n) is 16.1. The van der Waals surface area contributed by atoms with Crippen molar-refractivity contribution in [2.75, 3.05) is 20.6 Å². The molecule has 0 radical (unpaired) electrons. The highest BCUT2D eigenvalue weighted by Crippen LogP contribution is 2.57. The lowest BCUT2D eigenvalue weighted by Crippen LogP contribution is -2.58. The normalized spacial score (nSPS) is 22.9. The highest BCUT2D eigenvalue weighted by molar-refractivity contribution is 7.87. The zero-order valence-corrected chi connectivity index (χ0v) is 16.9. The van der Waals surface area contributed by atoms with E-state index in [1.165, 1.54) is 45.9 Å². The number of rotatable bonds is 5. The highest BCUT2D eigenvalue weighted by atomic mass is 32.2. The van der Waals surface area contributed by atoms with Crippen LogP contribution in [0, 0.1) is 5.41 Å². The molecule has 146 valence electrons. The van der Waals surface area contributed by atoms with Crippen molar-refractivity contribution in [1.82, 2.24) is 18.2 Å². The van der Waals surface area contributed by atoms with E-state index in [-0.39, 0.29) is 0 Å². The van der Waals surface area contributed by atoms with Gasteiger partial charge in [-0.05, 0) is 18.4 Å². The Balaban J connectivity index is 1.62. The Morgan fingerprint density at radius 2 is 1.85 bits per heavy atom. The second-order valence-corrected chi connectivity index (χ2v) is 10.1. The van der Waals surface area contributed by atoms with Crippen LogP contribution in [0.1, 0.15) is 49.5 Å². The van der Waals surface area contributed by atoms with E-state index < -0.39 is 10.2 Å². The zero-order chi connectivity index (χ0) is 19.1. The molecule has 1 unspecified atom stereocenters. The summed E-state index contributed by atoms with van der Waals surface area (Å²) < 4.78 is 27.7. The third-order valence-electron chi connectivity index (χ3n) is 6.16. The van der Waals surface area contributed by atoms with E-state index in [4.69, 9.17) is 0 Å². The molecular formula is C20H28N4O2S. The predicted octanol–water partition coefficient (Wildman–Crippen LogP) is 3.05. The number of likely N-dealkylation sites (tertiary alicyclic amines) is 1. The smallest absolute Gasteiger partial charge is 0.288 e. The molecule has 0 N–H and O–H groups in total. The largest absolute Gasteiger partial charge is 0.308 e. The van der Waals surface area contributed by atoms with Gasteiger partial charge in [0.2, 0.25) is 0 Å². The summed E-state index contributed by atoms with van der Waals surface area (Å²) in [4.78, 5) is 6.76. The maximum Gasteiger partial charge on any atom is 0.308 e. The van der Waals surface area contributed by atoms with Crippen molar-refractivity contribution < 1.29 is 8.42 Å². The molecule has 1 aliphatic carbocycles. The second-order valence-electron chi connectivity index (χ2n) is 8.07. The summed E-state index contributed by atoms with van der Waals surface area (Å²) >= 11 is 0. The van der Waals surface area contributed by atoms with Gasteiger partial charge in [0.05, 0.1) is 6.54 Å². The standard InChI is InChI=1S/C20H28N4O2S/c1-22(2)27(25,26)24-14-13-21-18(24)15-23-16-20(11-7-4-8-12-20)19(23)17-9-5-3-6-10-17/h3,5-6,9-10,13-14,19H,4,7-8,11-12,15-16H2,1-2H3. The summed E-state index contributed by atoms with van der Waals surface area (Å²) in [7, 11) is -0.452. The fraction of sp³-hybridized carbons (Fsp3) is 0.550. The molecule has 2 heterocycles. The van der Waals surface area contributed by atoms with Crippen LogP contribution in [-0.4, -0.2) is 47.2 Å². The molecule has 2 aromatic rings. The lowest BCUT2D eigenvalue weighted by atomic mass is 9.61. The Labute approximate surface area is 162 Å². The van der Waals surface area contributed by atoms with E-state index in [0.717, 1.165) is 6.54 Å². The molecule has 7 heteroatoms. The Hall–Kier alpha value is -1.70. The molecule has 1 aliphatic heterocycles. The fourth-order valence-electron chi connectivity index (χ4n) is 4.89. The summed E-state index contributed by atoms with van der Waals surface area (Å²) in [5, 5.41) is 0. The van der Waals surface area contributed by atoms with E-state index in [9.17, 15) is 8.42 Å². The molecule has 1 aromatic heterocycles. The SMILES string of the molecule is CN(C)S(=O)(=O)n1ccnc1CN1CC2(CCCCC2)C1c1ccccc1. The van der Waals surface area contributed by atoms with Crippen molar-refractivity contribution in [2.45, 2.75) is 44.7 Å². The lowest BCUT2D eigenvalue weighted by molar-refractivity contribution is -0.107. The Kier molecular flexibility index (Phi) is 4.86. The molecule has 2 fully saturated rings. The van der Waals surface area contributed by atoms with Gasteiger partial charge in [-0.1, -0.05) is 49.6 Å². The van der Waals surface area contributed by atoms with Gasteiger partial charge in [-0.25, -0.2) is 8.96 Å². The minimum Gasteiger partial charge on any atom is -0.288 e. The topological polar surface area (TPSA) is 58.4 Å². The molecular weight excluding hydrogens is 360 g/mol. The maximum absolute atomic E-state index is 12.6. The Bertz CT molecular complexity index is 886. The molecule has 0 bridgehead atoms. The Morgan fingerprint density at radius 3 is 2.52 bits per heavy atom. The number of aromatic nitrogens is 2. The molecule has 1 saturated heterocycles. The average Bonchev–Trinajstić information content (AvgIpc) is 3.12. The number of benzene rings is 1. The van der Waals surface area contributed by atoms with Gasteiger partial charge in [0.15, 0.2) is 0 Å². The fourth-order valence-corrected chi connectivity index (χ4v) is 5.82. The van der Waals surface area contributed by atoms with Crippen LogP contribution < -0.4 is 0 Å². The first-order valence-corrected chi connectivity index (χ1v) is 11.1. The minimum atomic E-state index is -3.55. The maximum atomic E-state index is 12.6. The highest BCUT2D eigenvalue weighted by Gasteiger charge is 2.53. The molecule has 27 heavy (non-hydrogen) atoms. The molecule has 1 atom stereocenters. The number of nitrogens with zero attached hydrogens (tertiary/aromatic N) is 4. The van der Waals surface area contributed by atoms with Crippen molar-refractivity contribution in [3.8, 4) is 0 Å². The van der Waals surface area contributed by atoms with Crippen LogP contribution in [0.2, 0.25) is 0 Å². The third kappa shape index (κ3) is 3.22. The van der Waals surface area contributed by atoms with Crippen molar-refractivity contribution in [1.29, 1.82) is 0 Å². The summed E-state index contributed by atoms with van der Waals surface area (Å²) in [5.41, 5.74) is 1.66. The van der Waals surface area contributed by atoms with E-state index in [2.05, 4.69) is 40.2 Å². The van der Waals surface area contributed by atoms with Gasteiger partial charge in [-0.3, -0.25) is 4.90 Å². The molecule has 1 saturated carbocycles. The lowest BCUT2D eigenvalue weighted by Gasteiger charge is -2.59. The van der Waals surface area contributed by atoms with Gasteiger partial charge in [-0.2, -0.15) is 12.7 Å². The minimum absolute atomic E-state index is 0.331. The van der Waals surface area contributed by atoms with Crippen molar-refractivity contribution in [3.05, 3.63) is 54.1 Å². The first kappa shape index (κ1) is 18.7. The van der Waals surface area contributed by atoms with Gasteiger partial charge in [-0.15, -0.1) is 0 Å². The first-order valence-electron chi connectivity index (χ1n) is 9.68. The average molecular weight is 389 g/mol. The van der Waals surface area contributed by atoms with Crippen LogP contribution in [0.15, 0.2) is 42.7 Å². The molecule has 6 nitrogen and oxygen atoms in total. The predicted molar refractivity (Wildman–Crippen MR) is 105 cm³/mol. The van der Waals surface area contributed by atoms with Gasteiger partial charge < -0.3 is 0 Å². The quantitative estimate of drug-likeness (QED) is 0.790. The van der Waals surface area contributed by atoms with Gasteiger partial charge in [0.1, 0.15) is 5.82 Å². The summed E-state index contributed by atoms with van der Waals surface area (Å²) in [6.45, 7) is 1.56. The van der Waals surface area contributed by atoms with Crippen LogP contribution >= 0.6 is 0 Å². The van der Waals surface area contributed by atoms with E-state index >= 15 is 0 Å². The van der Waals surface area contributed by atoms with Crippen LogP contribution in [0.4, 0.5) is 0 Å². The van der Waals surface area contributed by atoms with Crippen LogP contribution in [0.25, 0.3) is 0 Å². The van der Waals surface area contributed by atoms with Crippen LogP contribution in [-0.2, 0) is 16.8 Å². The molecule has 1 aromatic carbocycles. The van der Waals surface area contributed by atoms with Crippen molar-refractivity contribution >= 4 is 10.2 Å². The number of hydrogen-bond acceptors (Lipinski definition) is 4. The van der Waals surface area contributed by atoms with Gasteiger partial charge >= 0.3 is 10.2 Å². The van der Waals surface area contributed by atoms with E-state index in [0.29, 0.717) is 23.8 Å². The Morgan fingerprint density at radius 1 is 1.15 bits per heavy atom. The third-order valence-corrected chi connectivity index (χ3v) is 7.91. The number of hydrogen-bond donors (Lipinski definition) is 0. The second kappa shape index (κ2) is 7.04. The van der Waals surface area contributed by atoms with Gasteiger partial charge in [0, 0.05) is 44.5 Å².